The van der Waals surface area contributed by atoms with Crippen molar-refractivity contribution in [3.05, 3.63) is 66.9 Å². The van der Waals surface area contributed by atoms with E-state index in [2.05, 4.69) is 19.9 Å². The van der Waals surface area contributed by atoms with Gasteiger partial charge in [-0.05, 0) is 82.7 Å². The molecule has 2 fully saturated rings. The van der Waals surface area contributed by atoms with Gasteiger partial charge in [0.25, 0.3) is 0 Å². The fourth-order valence-electron chi connectivity index (χ4n) is 6.04. The van der Waals surface area contributed by atoms with Gasteiger partial charge in [0.1, 0.15) is 18.5 Å². The normalized spacial score (nSPS) is 18.9. The number of nitrogens with one attached hydrogen (secondary N) is 2. The third kappa shape index (κ3) is 9.76. The number of aliphatic hydroxyl groups excluding tert-OH is 1. The minimum absolute atomic E-state index is 0.00188. The Morgan fingerprint density at radius 2 is 1.78 bits per heavy atom. The summed E-state index contributed by atoms with van der Waals surface area (Å²) in [6.45, 7) is 2.90. The number of hydrogen-bond acceptors (Lipinski definition) is 11. The molecule has 3 aromatic rings. The quantitative estimate of drug-likeness (QED) is 0.187. The van der Waals surface area contributed by atoms with Crippen LogP contribution in [-0.4, -0.2) is 121 Å². The van der Waals surface area contributed by atoms with Crippen LogP contribution in [0.5, 0.6) is 11.6 Å². The Hall–Kier alpha value is -3.15. The number of rotatable bonds is 16. The smallest absolute Gasteiger partial charge is 0.243 e. The van der Waals surface area contributed by atoms with Crippen molar-refractivity contribution in [2.24, 2.45) is 0 Å². The number of piperidine rings is 1. The fraction of sp³-hybridized carbons (Fsp3) is 0.500. The average Bonchev–Trinajstić information content (AvgIpc) is 3.50. The van der Waals surface area contributed by atoms with E-state index in [0.717, 1.165) is 24.1 Å². The summed E-state index contributed by atoms with van der Waals surface area (Å²) in [6, 6.07) is 16.7. The van der Waals surface area contributed by atoms with Crippen molar-refractivity contribution >= 4 is 20.0 Å². The third-order valence-corrected chi connectivity index (χ3v) is 12.2. The molecule has 15 heteroatoms. The van der Waals surface area contributed by atoms with Gasteiger partial charge in [-0.3, -0.25) is 0 Å². The molecule has 1 unspecified atom stereocenters. The first-order valence-electron chi connectivity index (χ1n) is 16.5. The molecule has 268 valence electrons. The molecule has 0 bridgehead atoms. The number of pyridine rings is 1. The lowest BCUT2D eigenvalue weighted by Gasteiger charge is -2.38. The van der Waals surface area contributed by atoms with Crippen molar-refractivity contribution in [1.82, 2.24) is 24.2 Å². The highest BCUT2D eigenvalue weighted by atomic mass is 32.2. The first-order chi connectivity index (χ1) is 23.4. The zero-order valence-corrected chi connectivity index (χ0v) is 29.9. The molecule has 0 saturated carbocycles. The minimum atomic E-state index is -3.72. The zero-order valence-electron chi connectivity index (χ0n) is 28.2. The van der Waals surface area contributed by atoms with E-state index < -0.39 is 31.8 Å². The molecule has 2 aliphatic heterocycles. The first-order valence-corrected chi connectivity index (χ1v) is 19.4. The second-order valence-electron chi connectivity index (χ2n) is 12.8. The maximum absolute atomic E-state index is 13.7. The molecule has 3 heterocycles. The highest BCUT2D eigenvalue weighted by Gasteiger charge is 2.44. The van der Waals surface area contributed by atoms with Crippen molar-refractivity contribution in [1.29, 1.82) is 0 Å². The van der Waals surface area contributed by atoms with Gasteiger partial charge in [-0.1, -0.05) is 18.2 Å². The SMILES string of the molecule is CNS(=O)(=O)c1cccc(OC[C@@H](O)CNC2COC3(CCN(S(=O)(=O)c4cccc(-c5ccc(OCCCN(C)C)nc5)c4)CC3)C2)c1. The van der Waals surface area contributed by atoms with E-state index >= 15 is 0 Å². The van der Waals surface area contributed by atoms with Crippen LogP contribution in [0.15, 0.2) is 76.7 Å². The second-order valence-corrected chi connectivity index (χ2v) is 16.6. The van der Waals surface area contributed by atoms with E-state index in [4.69, 9.17) is 14.2 Å². The Bertz CT molecular complexity index is 1750. The van der Waals surface area contributed by atoms with E-state index in [0.29, 0.717) is 57.2 Å². The largest absolute Gasteiger partial charge is 0.491 e. The number of aliphatic hydroxyl groups is 1. The predicted molar refractivity (Wildman–Crippen MR) is 186 cm³/mol. The number of hydrogen-bond donors (Lipinski definition) is 3. The predicted octanol–water partition coefficient (Wildman–Crippen LogP) is 2.33. The topological polar surface area (TPSA) is 160 Å². The number of sulfonamides is 2. The molecule has 0 aliphatic carbocycles. The maximum atomic E-state index is 13.7. The Kier molecular flexibility index (Phi) is 12.3. The molecule has 0 radical (unpaired) electrons. The van der Waals surface area contributed by atoms with E-state index in [9.17, 15) is 21.9 Å². The van der Waals surface area contributed by atoms with Gasteiger partial charge in [0.2, 0.25) is 25.9 Å². The van der Waals surface area contributed by atoms with Gasteiger partial charge < -0.3 is 29.5 Å². The lowest BCUT2D eigenvalue weighted by molar-refractivity contribution is -0.0312. The standard InChI is InChI=1S/C34H47N5O8S2/c1-35-48(41,42)31-9-5-8-30(20-31)46-25-29(40)23-36-28-21-34(47-24-28)13-16-39(17-14-34)49(43,44)32-10-4-7-26(19-32)27-11-12-33(37-22-27)45-18-6-15-38(2)3/h4-5,7-12,19-20,22,28-29,35-36,40H,6,13-18,21,23-25H2,1-3H3/t28?,29-/m0/s1. The summed E-state index contributed by atoms with van der Waals surface area (Å²) in [5.74, 6) is 0.878. The molecule has 1 aromatic heterocycles. The van der Waals surface area contributed by atoms with Crippen molar-refractivity contribution in [2.75, 3.05) is 67.1 Å². The van der Waals surface area contributed by atoms with Crippen molar-refractivity contribution < 1.29 is 36.2 Å². The van der Waals surface area contributed by atoms with E-state index in [1.54, 1.807) is 42.6 Å². The molecule has 49 heavy (non-hydrogen) atoms. The van der Waals surface area contributed by atoms with Crippen molar-refractivity contribution in [3.8, 4) is 22.8 Å². The summed E-state index contributed by atoms with van der Waals surface area (Å²) in [7, 11) is -1.94. The van der Waals surface area contributed by atoms with E-state index in [1.165, 1.54) is 23.5 Å². The Morgan fingerprint density at radius 3 is 2.49 bits per heavy atom. The van der Waals surface area contributed by atoms with Gasteiger partial charge in [-0.15, -0.1) is 0 Å². The fourth-order valence-corrected chi connectivity index (χ4v) is 8.29. The lowest BCUT2D eigenvalue weighted by atomic mass is 9.88. The molecule has 2 saturated heterocycles. The highest BCUT2D eigenvalue weighted by molar-refractivity contribution is 7.89. The van der Waals surface area contributed by atoms with Crippen LogP contribution in [0.4, 0.5) is 0 Å². The summed E-state index contributed by atoms with van der Waals surface area (Å²) in [6.07, 6.45) is 3.61. The van der Waals surface area contributed by atoms with Crippen molar-refractivity contribution in [2.45, 2.75) is 53.2 Å². The number of benzene rings is 2. The number of ether oxygens (including phenoxy) is 3. The van der Waals surface area contributed by atoms with E-state index in [-0.39, 0.29) is 29.0 Å². The van der Waals surface area contributed by atoms with Crippen molar-refractivity contribution in [3.63, 3.8) is 0 Å². The summed E-state index contributed by atoms with van der Waals surface area (Å²) >= 11 is 0. The van der Waals surface area contributed by atoms with E-state index in [1.807, 2.05) is 26.2 Å². The molecule has 2 atom stereocenters. The maximum Gasteiger partial charge on any atom is 0.243 e. The van der Waals surface area contributed by atoms with Gasteiger partial charge in [-0.2, -0.15) is 4.31 Å². The monoisotopic (exact) mass is 717 g/mol. The van der Waals surface area contributed by atoms with Gasteiger partial charge in [0.05, 0.1) is 28.6 Å². The van der Waals surface area contributed by atoms with Crippen LogP contribution < -0.4 is 19.5 Å². The number of aromatic nitrogens is 1. The zero-order chi connectivity index (χ0) is 35.1. The molecule has 1 spiro atoms. The molecule has 13 nitrogen and oxygen atoms in total. The van der Waals surface area contributed by atoms with Gasteiger partial charge in [-0.25, -0.2) is 26.5 Å². The Balaban J connectivity index is 1.08. The molecule has 3 N–H and O–H groups in total. The van der Waals surface area contributed by atoms with Gasteiger partial charge in [0.15, 0.2) is 0 Å². The Labute approximate surface area is 289 Å². The van der Waals surface area contributed by atoms with Gasteiger partial charge in [0, 0.05) is 56.1 Å². The molecule has 2 aromatic carbocycles. The molecule has 0 amide bonds. The van der Waals surface area contributed by atoms with Crippen LogP contribution >= 0.6 is 0 Å². The molecular formula is C34H47N5O8S2. The van der Waals surface area contributed by atoms with Crippen LogP contribution in [0.3, 0.4) is 0 Å². The van der Waals surface area contributed by atoms with Crippen LogP contribution in [0, 0.1) is 0 Å². The molecule has 5 rings (SSSR count). The lowest BCUT2D eigenvalue weighted by Crippen LogP contribution is -2.47. The molecule has 2 aliphatic rings. The Morgan fingerprint density at radius 1 is 1.02 bits per heavy atom. The van der Waals surface area contributed by atoms with Gasteiger partial charge >= 0.3 is 0 Å². The third-order valence-electron chi connectivity index (χ3n) is 8.85. The minimum Gasteiger partial charge on any atom is -0.491 e. The van der Waals surface area contributed by atoms with Crippen LogP contribution in [-0.2, 0) is 24.8 Å². The van der Waals surface area contributed by atoms with Crippen LogP contribution in [0.25, 0.3) is 11.1 Å². The molecular weight excluding hydrogens is 671 g/mol. The summed E-state index contributed by atoms with van der Waals surface area (Å²) < 4.78 is 72.8. The van der Waals surface area contributed by atoms with Crippen LogP contribution in [0.2, 0.25) is 0 Å². The average molecular weight is 718 g/mol. The summed E-state index contributed by atoms with van der Waals surface area (Å²) in [5.41, 5.74) is 1.14. The summed E-state index contributed by atoms with van der Waals surface area (Å²) in [5, 5.41) is 13.8. The highest BCUT2D eigenvalue weighted by Crippen LogP contribution is 2.37. The first kappa shape index (κ1) is 37.1. The summed E-state index contributed by atoms with van der Waals surface area (Å²) in [4.78, 5) is 6.82. The number of nitrogens with zero attached hydrogens (tertiary/aromatic N) is 3. The van der Waals surface area contributed by atoms with Crippen LogP contribution in [0.1, 0.15) is 25.7 Å². The second kappa shape index (κ2) is 16.2.